The number of benzene rings is 1. The van der Waals surface area contributed by atoms with Gasteiger partial charge in [-0.15, -0.1) is 0 Å². The first kappa shape index (κ1) is 17.8. The van der Waals surface area contributed by atoms with Gasteiger partial charge in [-0.2, -0.15) is 0 Å². The molecule has 1 N–H and O–H groups in total. The Bertz CT molecular complexity index is 654. The fourth-order valence-electron chi connectivity index (χ4n) is 2.44. The van der Waals surface area contributed by atoms with Crippen LogP contribution in [0.15, 0.2) is 29.4 Å². The molecule has 5 nitrogen and oxygen atoms in total. The van der Waals surface area contributed by atoms with E-state index in [0.717, 1.165) is 22.7 Å². The molecule has 1 heterocycles. The molecule has 0 aliphatic carbocycles. The second-order valence-corrected chi connectivity index (χ2v) is 7.04. The lowest BCUT2D eigenvalue weighted by atomic mass is 10.2. The largest absolute Gasteiger partial charge is 0.383 e. The Morgan fingerprint density at radius 2 is 2.09 bits per heavy atom. The van der Waals surface area contributed by atoms with Gasteiger partial charge in [-0.25, -0.2) is 4.98 Å². The number of imidazole rings is 1. The summed E-state index contributed by atoms with van der Waals surface area (Å²) in [4.78, 5) is 16.7. The molecule has 0 aliphatic heterocycles. The van der Waals surface area contributed by atoms with E-state index >= 15 is 0 Å². The maximum absolute atomic E-state index is 12.0. The Morgan fingerprint density at radius 3 is 2.78 bits per heavy atom. The Morgan fingerprint density at radius 1 is 1.35 bits per heavy atom. The summed E-state index contributed by atoms with van der Waals surface area (Å²) in [5, 5.41) is 3.82. The lowest BCUT2D eigenvalue weighted by Crippen LogP contribution is -2.36. The molecule has 1 amide bonds. The molecule has 0 fully saturated rings. The molecule has 0 aliphatic rings. The molecule has 126 valence electrons. The first-order chi connectivity index (χ1) is 11.0. The van der Waals surface area contributed by atoms with Gasteiger partial charge in [-0.05, 0) is 25.0 Å². The normalized spacial score (nSPS) is 12.7. The van der Waals surface area contributed by atoms with Crippen molar-refractivity contribution in [1.82, 2.24) is 14.9 Å². The molecule has 0 saturated carbocycles. The molecular weight excluding hydrogens is 310 g/mol. The van der Waals surface area contributed by atoms with Crippen LogP contribution in [-0.2, 0) is 16.1 Å². The van der Waals surface area contributed by atoms with Gasteiger partial charge in [0, 0.05) is 19.7 Å². The standard InChI is InChI=1S/C17H25N3O2S/c1-12(2)9-20-15-8-6-5-7-14(15)19-17(20)23-11-16(21)18-13(3)10-22-4/h5-8,12-13H,9-11H2,1-4H3,(H,18,21)/t13-/m1/s1. The fraction of sp³-hybridized carbons (Fsp3) is 0.529. The maximum Gasteiger partial charge on any atom is 0.230 e. The number of thioether (sulfide) groups is 1. The lowest BCUT2D eigenvalue weighted by Gasteiger charge is -2.13. The van der Waals surface area contributed by atoms with Crippen molar-refractivity contribution in [2.45, 2.75) is 38.5 Å². The van der Waals surface area contributed by atoms with E-state index in [-0.39, 0.29) is 11.9 Å². The van der Waals surface area contributed by atoms with Crippen molar-refractivity contribution in [3.05, 3.63) is 24.3 Å². The summed E-state index contributed by atoms with van der Waals surface area (Å²) in [5.41, 5.74) is 2.10. The number of carbonyl (C=O) groups excluding carboxylic acids is 1. The van der Waals surface area contributed by atoms with Crippen LogP contribution in [0, 0.1) is 5.92 Å². The number of ether oxygens (including phenoxy) is 1. The zero-order chi connectivity index (χ0) is 16.8. The number of methoxy groups -OCH3 is 1. The molecular formula is C17H25N3O2S. The van der Waals surface area contributed by atoms with Crippen molar-refractivity contribution in [2.75, 3.05) is 19.5 Å². The van der Waals surface area contributed by atoms with Crippen molar-refractivity contribution in [3.63, 3.8) is 0 Å². The minimum Gasteiger partial charge on any atom is -0.383 e. The first-order valence-electron chi connectivity index (χ1n) is 7.87. The molecule has 0 saturated heterocycles. The molecule has 2 aromatic rings. The average molecular weight is 335 g/mol. The van der Waals surface area contributed by atoms with Crippen molar-refractivity contribution in [2.24, 2.45) is 5.92 Å². The number of rotatable bonds is 8. The van der Waals surface area contributed by atoms with E-state index in [1.165, 1.54) is 11.8 Å². The van der Waals surface area contributed by atoms with Gasteiger partial charge in [-0.1, -0.05) is 37.7 Å². The molecule has 0 bridgehead atoms. The highest BCUT2D eigenvalue weighted by atomic mass is 32.2. The van der Waals surface area contributed by atoms with Crippen LogP contribution in [0.1, 0.15) is 20.8 Å². The summed E-state index contributed by atoms with van der Waals surface area (Å²) >= 11 is 1.48. The van der Waals surface area contributed by atoms with E-state index < -0.39 is 0 Å². The topological polar surface area (TPSA) is 56.1 Å². The Balaban J connectivity index is 2.08. The molecule has 1 aromatic heterocycles. The second-order valence-electron chi connectivity index (χ2n) is 6.10. The Kier molecular flexibility index (Phi) is 6.47. The molecule has 2 rings (SSSR count). The van der Waals surface area contributed by atoms with Crippen molar-refractivity contribution >= 4 is 28.7 Å². The van der Waals surface area contributed by atoms with Gasteiger partial charge in [-0.3, -0.25) is 4.79 Å². The van der Waals surface area contributed by atoms with Crippen LogP contribution in [0.25, 0.3) is 11.0 Å². The summed E-state index contributed by atoms with van der Waals surface area (Å²) in [6, 6.07) is 8.12. The maximum atomic E-state index is 12.0. The quantitative estimate of drug-likeness (QED) is 0.754. The average Bonchev–Trinajstić information content (AvgIpc) is 2.83. The highest BCUT2D eigenvalue weighted by molar-refractivity contribution is 7.99. The summed E-state index contributed by atoms with van der Waals surface area (Å²) < 4.78 is 7.24. The zero-order valence-electron chi connectivity index (χ0n) is 14.2. The van der Waals surface area contributed by atoms with Crippen LogP contribution in [-0.4, -0.2) is 41.0 Å². The molecule has 1 aromatic carbocycles. The predicted molar refractivity (Wildman–Crippen MR) is 94.8 cm³/mol. The molecule has 0 unspecified atom stereocenters. The number of hydrogen-bond acceptors (Lipinski definition) is 4. The van der Waals surface area contributed by atoms with Crippen molar-refractivity contribution in [3.8, 4) is 0 Å². The molecule has 6 heteroatoms. The van der Waals surface area contributed by atoms with Gasteiger partial charge < -0.3 is 14.6 Å². The number of aromatic nitrogens is 2. The van der Waals surface area contributed by atoms with Crippen LogP contribution in [0.3, 0.4) is 0 Å². The smallest absolute Gasteiger partial charge is 0.230 e. The van der Waals surface area contributed by atoms with Gasteiger partial charge in [0.2, 0.25) is 5.91 Å². The lowest BCUT2D eigenvalue weighted by molar-refractivity contribution is -0.119. The number of fused-ring (bicyclic) bond motifs is 1. The Hall–Kier alpha value is -1.53. The van der Waals surface area contributed by atoms with Gasteiger partial charge in [0.05, 0.1) is 23.4 Å². The molecule has 1 atom stereocenters. The number of amides is 1. The van der Waals surface area contributed by atoms with Gasteiger partial charge in [0.15, 0.2) is 5.16 Å². The van der Waals surface area contributed by atoms with E-state index in [1.54, 1.807) is 7.11 Å². The number of para-hydroxylation sites is 2. The van der Waals surface area contributed by atoms with E-state index in [4.69, 9.17) is 4.74 Å². The van der Waals surface area contributed by atoms with Crippen LogP contribution in [0.5, 0.6) is 0 Å². The molecule has 23 heavy (non-hydrogen) atoms. The van der Waals surface area contributed by atoms with Gasteiger partial charge in [0.1, 0.15) is 0 Å². The summed E-state index contributed by atoms with van der Waals surface area (Å²) in [5.74, 6) is 0.875. The molecule has 0 spiro atoms. The van der Waals surface area contributed by atoms with Crippen molar-refractivity contribution < 1.29 is 9.53 Å². The van der Waals surface area contributed by atoms with Gasteiger partial charge >= 0.3 is 0 Å². The summed E-state index contributed by atoms with van der Waals surface area (Å²) in [7, 11) is 1.63. The highest BCUT2D eigenvalue weighted by Crippen LogP contribution is 2.25. The fourth-order valence-corrected chi connectivity index (χ4v) is 3.28. The molecule has 0 radical (unpaired) electrons. The van der Waals surface area contributed by atoms with Crippen LogP contribution >= 0.6 is 11.8 Å². The van der Waals surface area contributed by atoms with E-state index in [9.17, 15) is 4.79 Å². The van der Waals surface area contributed by atoms with Gasteiger partial charge in [0.25, 0.3) is 0 Å². The second kappa shape index (κ2) is 8.36. The van der Waals surface area contributed by atoms with Crippen LogP contribution in [0.2, 0.25) is 0 Å². The minimum atomic E-state index is 0.00250. The number of carbonyl (C=O) groups is 1. The predicted octanol–water partition coefficient (Wildman–Crippen LogP) is 2.94. The van der Waals surface area contributed by atoms with E-state index in [2.05, 4.69) is 34.8 Å². The minimum absolute atomic E-state index is 0.00250. The third-order valence-electron chi connectivity index (χ3n) is 3.32. The zero-order valence-corrected chi connectivity index (χ0v) is 15.0. The monoisotopic (exact) mass is 335 g/mol. The highest BCUT2D eigenvalue weighted by Gasteiger charge is 2.14. The van der Waals surface area contributed by atoms with Crippen LogP contribution < -0.4 is 5.32 Å². The van der Waals surface area contributed by atoms with E-state index in [1.807, 2.05) is 25.1 Å². The number of hydrogen-bond donors (Lipinski definition) is 1. The van der Waals surface area contributed by atoms with Crippen LogP contribution in [0.4, 0.5) is 0 Å². The third kappa shape index (κ3) is 4.97. The Labute approximate surface area is 141 Å². The first-order valence-corrected chi connectivity index (χ1v) is 8.86. The number of nitrogens with zero attached hydrogens (tertiary/aromatic N) is 2. The summed E-state index contributed by atoms with van der Waals surface area (Å²) in [6.45, 7) is 7.71. The number of nitrogens with one attached hydrogen (secondary N) is 1. The SMILES string of the molecule is COC[C@@H](C)NC(=O)CSc1nc2ccccc2n1CC(C)C. The third-order valence-corrected chi connectivity index (χ3v) is 4.30. The summed E-state index contributed by atoms with van der Waals surface area (Å²) in [6.07, 6.45) is 0. The van der Waals surface area contributed by atoms with Crippen molar-refractivity contribution in [1.29, 1.82) is 0 Å². The van der Waals surface area contributed by atoms with E-state index in [0.29, 0.717) is 18.3 Å².